The van der Waals surface area contributed by atoms with E-state index in [0.717, 1.165) is 30.0 Å². The quantitative estimate of drug-likeness (QED) is 0.798. The van der Waals surface area contributed by atoms with Crippen molar-refractivity contribution in [3.05, 3.63) is 45.8 Å². The van der Waals surface area contributed by atoms with E-state index in [-0.39, 0.29) is 12.5 Å². The number of thiophene rings is 1. The molecule has 0 aliphatic carbocycles. The van der Waals surface area contributed by atoms with Gasteiger partial charge in [0.15, 0.2) is 6.61 Å². The van der Waals surface area contributed by atoms with E-state index in [1.54, 1.807) is 0 Å². The molecule has 27 heavy (non-hydrogen) atoms. The number of hydrogen-bond donors (Lipinski definition) is 2. The molecule has 6 nitrogen and oxygen atoms in total. The van der Waals surface area contributed by atoms with Gasteiger partial charge in [-0.25, -0.2) is 0 Å². The van der Waals surface area contributed by atoms with Gasteiger partial charge in [0.1, 0.15) is 10.8 Å². The van der Waals surface area contributed by atoms with E-state index in [1.165, 1.54) is 16.9 Å². The minimum absolute atomic E-state index is 0.123. The van der Waals surface area contributed by atoms with Crippen LogP contribution < -0.4 is 15.8 Å². The maximum Gasteiger partial charge on any atom is 0.262 e. The normalized spacial score (nSPS) is 14.1. The van der Waals surface area contributed by atoms with Crippen LogP contribution in [-0.4, -0.2) is 36.9 Å². The van der Waals surface area contributed by atoms with Gasteiger partial charge < -0.3 is 20.7 Å². The summed E-state index contributed by atoms with van der Waals surface area (Å²) in [6.07, 6.45) is 0.759. The Morgan fingerprint density at radius 3 is 2.63 bits per heavy atom. The topological polar surface area (TPSA) is 84.7 Å². The predicted octanol–water partition coefficient (Wildman–Crippen LogP) is 2.98. The van der Waals surface area contributed by atoms with Crippen LogP contribution in [0.1, 0.15) is 46.1 Å². The molecule has 0 saturated carbocycles. The molecule has 7 heteroatoms. The number of ether oxygens (including phenoxy) is 1. The summed E-state index contributed by atoms with van der Waals surface area (Å²) in [6, 6.07) is 7.70. The molecule has 1 aliphatic heterocycles. The van der Waals surface area contributed by atoms with Crippen LogP contribution in [0.15, 0.2) is 24.3 Å². The molecular weight excluding hydrogens is 362 g/mol. The molecule has 0 fully saturated rings. The van der Waals surface area contributed by atoms with E-state index >= 15 is 0 Å². The number of likely N-dealkylation sites (N-methyl/N-ethyl adjacent to an activating group) is 1. The maximum atomic E-state index is 12.3. The van der Waals surface area contributed by atoms with Crippen LogP contribution in [0.2, 0.25) is 0 Å². The number of carbonyl (C=O) groups excluding carboxylic acids is 2. The van der Waals surface area contributed by atoms with E-state index in [4.69, 9.17) is 10.5 Å². The first kappa shape index (κ1) is 19.4. The second-order valence-electron chi connectivity index (χ2n) is 7.12. The van der Waals surface area contributed by atoms with Crippen molar-refractivity contribution in [3.63, 3.8) is 0 Å². The minimum atomic E-state index is -0.502. The highest BCUT2D eigenvalue weighted by molar-refractivity contribution is 7.17. The number of primary amides is 1. The van der Waals surface area contributed by atoms with Gasteiger partial charge in [-0.15, -0.1) is 11.3 Å². The highest BCUT2D eigenvalue weighted by Gasteiger charge is 2.26. The number of benzene rings is 1. The lowest BCUT2D eigenvalue weighted by Gasteiger charge is -2.22. The van der Waals surface area contributed by atoms with E-state index in [2.05, 4.69) is 24.1 Å². The van der Waals surface area contributed by atoms with Gasteiger partial charge in [0.05, 0.1) is 5.56 Å². The van der Waals surface area contributed by atoms with E-state index in [9.17, 15) is 9.59 Å². The van der Waals surface area contributed by atoms with Crippen molar-refractivity contribution in [2.45, 2.75) is 32.7 Å². The van der Waals surface area contributed by atoms with Crippen LogP contribution in [-0.2, 0) is 17.8 Å². The van der Waals surface area contributed by atoms with E-state index < -0.39 is 5.91 Å². The van der Waals surface area contributed by atoms with Crippen molar-refractivity contribution < 1.29 is 14.3 Å². The molecule has 1 aromatic heterocycles. The van der Waals surface area contributed by atoms with Gasteiger partial charge in [0.2, 0.25) is 0 Å². The summed E-state index contributed by atoms with van der Waals surface area (Å²) in [4.78, 5) is 27.5. The molecule has 0 saturated heterocycles. The molecule has 2 heterocycles. The van der Waals surface area contributed by atoms with Crippen molar-refractivity contribution in [2.24, 2.45) is 5.73 Å². The molecule has 0 spiro atoms. The molecule has 3 N–H and O–H groups in total. The number of amides is 2. The van der Waals surface area contributed by atoms with Crippen LogP contribution in [0, 0.1) is 0 Å². The molecule has 2 amide bonds. The van der Waals surface area contributed by atoms with Gasteiger partial charge in [-0.2, -0.15) is 0 Å². The average Bonchev–Trinajstić information content (AvgIpc) is 2.97. The maximum absolute atomic E-state index is 12.3. The molecule has 144 valence electrons. The Morgan fingerprint density at radius 2 is 2.00 bits per heavy atom. The van der Waals surface area contributed by atoms with Crippen LogP contribution in [0.4, 0.5) is 5.00 Å². The smallest absolute Gasteiger partial charge is 0.262 e. The third kappa shape index (κ3) is 4.48. The summed E-state index contributed by atoms with van der Waals surface area (Å²) in [6.45, 7) is 5.75. The molecule has 3 rings (SSSR count). The predicted molar refractivity (Wildman–Crippen MR) is 108 cm³/mol. The summed E-state index contributed by atoms with van der Waals surface area (Å²) in [5.74, 6) is 0.269. The second kappa shape index (κ2) is 8.10. The second-order valence-corrected chi connectivity index (χ2v) is 8.23. The van der Waals surface area contributed by atoms with Crippen LogP contribution in [0.3, 0.4) is 0 Å². The number of nitrogens with one attached hydrogen (secondary N) is 1. The lowest BCUT2D eigenvalue weighted by Crippen LogP contribution is -2.27. The molecule has 0 atom stereocenters. The summed E-state index contributed by atoms with van der Waals surface area (Å²) in [5.41, 5.74) is 8.19. The first-order valence-corrected chi connectivity index (χ1v) is 9.82. The third-order valence-corrected chi connectivity index (χ3v) is 5.80. The third-order valence-electron chi connectivity index (χ3n) is 4.66. The van der Waals surface area contributed by atoms with Gasteiger partial charge in [-0.1, -0.05) is 26.0 Å². The Balaban J connectivity index is 1.66. The molecular formula is C20H25N3O3S. The SMILES string of the molecule is CC(C)c1ccc(OCC(=O)Nc2sc3c(c2C(N)=O)CCN(C)C3)cc1. The Bertz CT molecular complexity index is 843. The fourth-order valence-corrected chi connectivity index (χ4v) is 4.49. The minimum Gasteiger partial charge on any atom is -0.484 e. The van der Waals surface area contributed by atoms with Crippen LogP contribution in [0.5, 0.6) is 5.75 Å². The van der Waals surface area contributed by atoms with Crippen LogP contribution in [0.25, 0.3) is 0 Å². The Morgan fingerprint density at radius 1 is 1.30 bits per heavy atom. The Labute approximate surface area is 163 Å². The Kier molecular flexibility index (Phi) is 5.82. The highest BCUT2D eigenvalue weighted by atomic mass is 32.1. The number of hydrogen-bond acceptors (Lipinski definition) is 5. The van der Waals surface area contributed by atoms with Gasteiger partial charge in [-0.3, -0.25) is 9.59 Å². The van der Waals surface area contributed by atoms with Crippen molar-refractivity contribution in [2.75, 3.05) is 25.5 Å². The Hall–Kier alpha value is -2.38. The van der Waals surface area contributed by atoms with Gasteiger partial charge in [0.25, 0.3) is 11.8 Å². The molecule has 2 aromatic rings. The zero-order valence-corrected chi connectivity index (χ0v) is 16.7. The number of nitrogens with two attached hydrogens (primary N) is 1. The van der Waals surface area contributed by atoms with Crippen LogP contribution >= 0.6 is 11.3 Å². The zero-order valence-electron chi connectivity index (χ0n) is 15.9. The zero-order chi connectivity index (χ0) is 19.6. The summed E-state index contributed by atoms with van der Waals surface area (Å²) >= 11 is 1.42. The number of anilines is 1. The van der Waals surface area contributed by atoms with E-state index in [1.807, 2.05) is 31.3 Å². The molecule has 0 radical (unpaired) electrons. The first-order valence-electron chi connectivity index (χ1n) is 9.00. The average molecular weight is 388 g/mol. The van der Waals surface area contributed by atoms with E-state index in [0.29, 0.717) is 22.2 Å². The van der Waals surface area contributed by atoms with Crippen molar-refractivity contribution in [3.8, 4) is 5.75 Å². The summed E-state index contributed by atoms with van der Waals surface area (Å²) in [7, 11) is 2.03. The van der Waals surface area contributed by atoms with Gasteiger partial charge in [-0.05, 0) is 42.6 Å². The monoisotopic (exact) mass is 387 g/mol. The fourth-order valence-electron chi connectivity index (χ4n) is 3.14. The molecule has 0 unspecified atom stereocenters. The van der Waals surface area contributed by atoms with Gasteiger partial charge in [0, 0.05) is 18.0 Å². The van der Waals surface area contributed by atoms with Crippen molar-refractivity contribution in [1.82, 2.24) is 4.90 Å². The highest BCUT2D eigenvalue weighted by Crippen LogP contribution is 2.36. The number of fused-ring (bicyclic) bond motifs is 1. The summed E-state index contributed by atoms with van der Waals surface area (Å²) in [5, 5.41) is 3.32. The van der Waals surface area contributed by atoms with Crippen molar-refractivity contribution >= 4 is 28.2 Å². The summed E-state index contributed by atoms with van der Waals surface area (Å²) < 4.78 is 5.56. The van der Waals surface area contributed by atoms with Gasteiger partial charge >= 0.3 is 0 Å². The number of carbonyl (C=O) groups is 2. The van der Waals surface area contributed by atoms with Crippen molar-refractivity contribution in [1.29, 1.82) is 0 Å². The standard InChI is InChI=1S/C20H25N3O3S/c1-12(2)13-4-6-14(7-5-13)26-11-17(24)22-20-18(19(21)25)15-8-9-23(3)10-16(15)27-20/h4-7,12H,8-11H2,1-3H3,(H2,21,25)(H,22,24). The number of rotatable bonds is 6. The molecule has 0 bridgehead atoms. The first-order chi connectivity index (χ1) is 12.8. The fraction of sp³-hybridized carbons (Fsp3) is 0.400. The molecule has 1 aromatic carbocycles. The lowest BCUT2D eigenvalue weighted by atomic mass is 10.0. The number of nitrogens with zero attached hydrogens (tertiary/aromatic N) is 1. The lowest BCUT2D eigenvalue weighted by molar-refractivity contribution is -0.118. The molecule has 1 aliphatic rings. The largest absolute Gasteiger partial charge is 0.484 e.